The lowest BCUT2D eigenvalue weighted by molar-refractivity contribution is 0.727. The molecule has 1 aromatic carbocycles. The highest BCUT2D eigenvalue weighted by Crippen LogP contribution is 1.99. The third-order valence-corrected chi connectivity index (χ3v) is 1.95. The van der Waals surface area contributed by atoms with Gasteiger partial charge in [-0.25, -0.2) is 0 Å². The van der Waals surface area contributed by atoms with Gasteiger partial charge in [0.2, 0.25) is 0 Å². The van der Waals surface area contributed by atoms with E-state index in [2.05, 4.69) is 35.4 Å². The van der Waals surface area contributed by atoms with E-state index in [9.17, 15) is 0 Å². The summed E-state index contributed by atoms with van der Waals surface area (Å²) in [7, 11) is 0. The highest BCUT2D eigenvalue weighted by molar-refractivity contribution is 5.78. The van der Waals surface area contributed by atoms with Gasteiger partial charge in [-0.15, -0.1) is 0 Å². The van der Waals surface area contributed by atoms with E-state index in [-0.39, 0.29) is 0 Å². The molecule has 2 heteroatoms. The molecule has 0 heterocycles. The molecule has 0 fully saturated rings. The maximum absolute atomic E-state index is 4.25. The van der Waals surface area contributed by atoms with E-state index in [1.165, 1.54) is 5.56 Å². The van der Waals surface area contributed by atoms with Gasteiger partial charge in [-0.05, 0) is 18.2 Å². The number of nitrogens with one attached hydrogen (secondary N) is 1. The Labute approximate surface area is 91.7 Å². The summed E-state index contributed by atoms with van der Waals surface area (Å²) in [5.74, 6) is 0. The highest BCUT2D eigenvalue weighted by Gasteiger charge is 1.80. The molecule has 0 aliphatic rings. The van der Waals surface area contributed by atoms with Gasteiger partial charge in [0.15, 0.2) is 0 Å². The first-order valence-electron chi connectivity index (χ1n) is 5.35. The lowest BCUT2D eigenvalue weighted by Crippen LogP contribution is -2.16. The minimum atomic E-state index is 0.840. The molecule has 1 N–H and O–H groups in total. The minimum Gasteiger partial charge on any atom is -0.315 e. The second-order valence-electron chi connectivity index (χ2n) is 3.18. The molecule has 0 aliphatic heterocycles. The van der Waals surface area contributed by atoms with Gasteiger partial charge in [0.05, 0.1) is 6.54 Å². The summed E-state index contributed by atoms with van der Waals surface area (Å²) in [4.78, 5) is 4.25. The van der Waals surface area contributed by atoms with Gasteiger partial charge in [-0.3, -0.25) is 4.99 Å². The fourth-order valence-electron chi connectivity index (χ4n) is 1.17. The summed E-state index contributed by atoms with van der Waals surface area (Å²) in [5.41, 5.74) is 1.20. The first-order valence-corrected chi connectivity index (χ1v) is 5.35. The summed E-state index contributed by atoms with van der Waals surface area (Å²) >= 11 is 0. The first-order chi connectivity index (χ1) is 7.43. The van der Waals surface area contributed by atoms with Crippen LogP contribution in [0.2, 0.25) is 0 Å². The lowest BCUT2D eigenvalue weighted by atomic mass is 10.2. The van der Waals surface area contributed by atoms with E-state index < -0.39 is 0 Å². The molecule has 2 nitrogen and oxygen atoms in total. The zero-order valence-electron chi connectivity index (χ0n) is 9.19. The fourth-order valence-corrected chi connectivity index (χ4v) is 1.17. The van der Waals surface area contributed by atoms with Crippen molar-refractivity contribution in [2.45, 2.75) is 6.92 Å². The van der Waals surface area contributed by atoms with Gasteiger partial charge in [0.25, 0.3) is 0 Å². The van der Waals surface area contributed by atoms with Gasteiger partial charge >= 0.3 is 0 Å². The summed E-state index contributed by atoms with van der Waals surface area (Å²) in [6.07, 6.45) is 5.88. The van der Waals surface area contributed by atoms with Crippen molar-refractivity contribution in [2.24, 2.45) is 4.99 Å². The normalized spacial score (nSPS) is 11.5. The Balaban J connectivity index is 2.22. The van der Waals surface area contributed by atoms with E-state index in [0.717, 1.165) is 19.6 Å². The maximum atomic E-state index is 4.25. The van der Waals surface area contributed by atoms with Crippen molar-refractivity contribution in [3.63, 3.8) is 0 Å². The zero-order valence-corrected chi connectivity index (χ0v) is 9.19. The number of likely N-dealkylation sites (N-methyl/N-ethyl adjacent to an activating group) is 1. The van der Waals surface area contributed by atoms with Crippen LogP contribution in [0.25, 0.3) is 6.08 Å². The maximum Gasteiger partial charge on any atom is 0.0514 e. The van der Waals surface area contributed by atoms with Gasteiger partial charge in [0.1, 0.15) is 0 Å². The third-order valence-electron chi connectivity index (χ3n) is 1.95. The molecule has 0 spiro atoms. The largest absolute Gasteiger partial charge is 0.315 e. The van der Waals surface area contributed by atoms with Crippen molar-refractivity contribution in [3.05, 3.63) is 42.0 Å². The predicted molar refractivity (Wildman–Crippen MR) is 67.4 cm³/mol. The van der Waals surface area contributed by atoms with Crippen LogP contribution in [0.1, 0.15) is 12.5 Å². The Morgan fingerprint density at radius 3 is 2.80 bits per heavy atom. The Bertz CT molecular complexity index is 302. The van der Waals surface area contributed by atoms with E-state index in [1.807, 2.05) is 30.5 Å². The minimum absolute atomic E-state index is 0.840. The van der Waals surface area contributed by atoms with E-state index in [4.69, 9.17) is 0 Å². The Kier molecular flexibility index (Phi) is 6.18. The van der Waals surface area contributed by atoms with Crippen LogP contribution in [0.4, 0.5) is 0 Å². The summed E-state index contributed by atoms with van der Waals surface area (Å²) in [5, 5.41) is 3.22. The SMILES string of the molecule is CCNCCN=C/C=C/c1ccccc1. The van der Waals surface area contributed by atoms with Crippen LogP contribution in [0.5, 0.6) is 0 Å². The van der Waals surface area contributed by atoms with E-state index in [0.29, 0.717) is 0 Å². The molecule has 0 aromatic heterocycles. The molecule has 80 valence electrons. The number of nitrogens with zero attached hydrogens (tertiary/aromatic N) is 1. The van der Waals surface area contributed by atoms with Crippen LogP contribution in [0, 0.1) is 0 Å². The number of allylic oxidation sites excluding steroid dienone is 1. The van der Waals surface area contributed by atoms with Crippen LogP contribution in [0.15, 0.2) is 41.4 Å². The van der Waals surface area contributed by atoms with Gasteiger partial charge in [-0.1, -0.05) is 43.3 Å². The number of benzene rings is 1. The van der Waals surface area contributed by atoms with Crippen LogP contribution in [-0.2, 0) is 0 Å². The fraction of sp³-hybridized carbons (Fsp3) is 0.308. The van der Waals surface area contributed by atoms with Crippen molar-refractivity contribution < 1.29 is 0 Å². The molecule has 0 bridgehead atoms. The summed E-state index contributed by atoms with van der Waals surface area (Å²) < 4.78 is 0. The highest BCUT2D eigenvalue weighted by atomic mass is 14.9. The average molecular weight is 202 g/mol. The van der Waals surface area contributed by atoms with Crippen LogP contribution < -0.4 is 5.32 Å². The van der Waals surface area contributed by atoms with Gasteiger partial charge < -0.3 is 5.32 Å². The second-order valence-corrected chi connectivity index (χ2v) is 3.18. The standard InChI is InChI=1S/C13H18N2/c1-2-14-11-12-15-10-6-9-13-7-4-3-5-8-13/h3-10,14H,2,11-12H2,1H3/b9-6+,15-10?. The molecule has 0 unspecified atom stereocenters. The third kappa shape index (κ3) is 5.81. The predicted octanol–water partition coefficient (Wildman–Crippen LogP) is 2.38. The number of hydrogen-bond acceptors (Lipinski definition) is 2. The number of aliphatic imine (C=N–C) groups is 1. The second kappa shape index (κ2) is 7.94. The molecule has 15 heavy (non-hydrogen) atoms. The molecule has 0 amide bonds. The molecule has 0 aliphatic carbocycles. The van der Waals surface area contributed by atoms with Crippen molar-refractivity contribution in [2.75, 3.05) is 19.6 Å². The van der Waals surface area contributed by atoms with Gasteiger partial charge in [-0.2, -0.15) is 0 Å². The van der Waals surface area contributed by atoms with Crippen molar-refractivity contribution in [1.29, 1.82) is 0 Å². The molecule has 1 aromatic rings. The topological polar surface area (TPSA) is 24.4 Å². The van der Waals surface area contributed by atoms with E-state index >= 15 is 0 Å². The molecule has 0 radical (unpaired) electrons. The molecule has 0 atom stereocenters. The Morgan fingerprint density at radius 1 is 1.27 bits per heavy atom. The molecular weight excluding hydrogens is 184 g/mol. The Hall–Kier alpha value is -1.41. The van der Waals surface area contributed by atoms with Crippen LogP contribution >= 0.6 is 0 Å². The quantitative estimate of drug-likeness (QED) is 0.556. The molecular formula is C13H18N2. The van der Waals surface area contributed by atoms with Crippen molar-refractivity contribution in [1.82, 2.24) is 5.32 Å². The molecule has 1 rings (SSSR count). The van der Waals surface area contributed by atoms with Crippen LogP contribution in [-0.4, -0.2) is 25.8 Å². The monoisotopic (exact) mass is 202 g/mol. The molecule has 0 saturated heterocycles. The average Bonchev–Trinajstić information content (AvgIpc) is 2.29. The van der Waals surface area contributed by atoms with E-state index in [1.54, 1.807) is 0 Å². The summed E-state index contributed by atoms with van der Waals surface area (Å²) in [6.45, 7) is 4.90. The van der Waals surface area contributed by atoms with Crippen molar-refractivity contribution in [3.8, 4) is 0 Å². The zero-order chi connectivity index (χ0) is 10.8. The number of rotatable bonds is 6. The Morgan fingerprint density at radius 2 is 2.07 bits per heavy atom. The lowest BCUT2D eigenvalue weighted by Gasteiger charge is -1.94. The first kappa shape index (κ1) is 11.7. The van der Waals surface area contributed by atoms with Crippen molar-refractivity contribution >= 4 is 12.3 Å². The summed E-state index contributed by atoms with van der Waals surface area (Å²) in [6, 6.07) is 10.2. The van der Waals surface area contributed by atoms with Crippen LogP contribution in [0.3, 0.4) is 0 Å². The smallest absolute Gasteiger partial charge is 0.0514 e. The number of hydrogen-bond donors (Lipinski definition) is 1. The molecule has 0 saturated carbocycles. The van der Waals surface area contributed by atoms with Gasteiger partial charge in [0, 0.05) is 12.8 Å².